The van der Waals surface area contributed by atoms with Gasteiger partial charge in [-0.1, -0.05) is 79.6 Å². The summed E-state index contributed by atoms with van der Waals surface area (Å²) in [6, 6.07) is 14.0. The number of aldehydes is 1. The van der Waals surface area contributed by atoms with Gasteiger partial charge in [-0.05, 0) is 80.3 Å². The number of benzene rings is 2. The van der Waals surface area contributed by atoms with Crippen molar-refractivity contribution in [2.45, 2.75) is 94.2 Å². The monoisotopic (exact) mass is 641 g/mol. The van der Waals surface area contributed by atoms with E-state index in [0.29, 0.717) is 35.7 Å². The van der Waals surface area contributed by atoms with Gasteiger partial charge >= 0.3 is 6.09 Å². The number of amides is 3. The third-order valence-corrected chi connectivity index (χ3v) is 10.0. The van der Waals surface area contributed by atoms with Crippen LogP contribution in [0.2, 0.25) is 10.0 Å². The number of hydrogen-bond acceptors (Lipinski definition) is 5. The van der Waals surface area contributed by atoms with Crippen LogP contribution in [0.5, 0.6) is 0 Å². The minimum atomic E-state index is -1.34. The van der Waals surface area contributed by atoms with Gasteiger partial charge in [-0.15, -0.1) is 0 Å². The van der Waals surface area contributed by atoms with Crippen LogP contribution in [-0.4, -0.2) is 42.3 Å². The van der Waals surface area contributed by atoms with Crippen molar-refractivity contribution in [1.29, 1.82) is 0 Å². The molecular weight excluding hydrogens is 601 g/mol. The summed E-state index contributed by atoms with van der Waals surface area (Å²) in [5, 5.41) is 9.64. The standard InChI is InChI=1S/C34H41Cl2N3O5/c1-33(20-22-7-3-2-4-8-22,31(42)38-28(21-40)18-24-13-16-37-30(24)41)39-32(43)44-29(23-9-5-11-26(35)17-23)34(14-15-34)25-10-6-12-27(36)19-25/h5-6,9-12,17,19,21-22,24,28-29H,2-4,7-8,13-16,18,20H2,1H3,(H,37,41)(H,38,42)(H,39,43)/t24-,28-,29?,33+/m0/s1. The van der Waals surface area contributed by atoms with E-state index in [9.17, 15) is 19.2 Å². The fraction of sp³-hybridized carbons (Fsp3) is 0.529. The van der Waals surface area contributed by atoms with Crippen LogP contribution in [-0.2, 0) is 24.5 Å². The van der Waals surface area contributed by atoms with Gasteiger partial charge in [-0.3, -0.25) is 9.59 Å². The number of carbonyl (C=O) groups excluding carboxylic acids is 4. The van der Waals surface area contributed by atoms with E-state index in [2.05, 4.69) is 16.0 Å². The molecular formula is C34H41Cl2N3O5. The average molecular weight is 643 g/mol. The van der Waals surface area contributed by atoms with E-state index in [1.54, 1.807) is 19.1 Å². The summed E-state index contributed by atoms with van der Waals surface area (Å²) in [4.78, 5) is 51.9. The van der Waals surface area contributed by atoms with Gasteiger partial charge in [-0.25, -0.2) is 4.79 Å². The molecule has 8 nitrogen and oxygen atoms in total. The summed E-state index contributed by atoms with van der Waals surface area (Å²) in [6.07, 6.45) is 7.28. The molecule has 4 atom stereocenters. The molecule has 0 radical (unpaired) electrons. The summed E-state index contributed by atoms with van der Waals surface area (Å²) in [7, 11) is 0. The highest BCUT2D eigenvalue weighted by Crippen LogP contribution is 2.58. The Labute approximate surface area is 269 Å². The van der Waals surface area contributed by atoms with Crippen LogP contribution < -0.4 is 16.0 Å². The van der Waals surface area contributed by atoms with Crippen molar-refractivity contribution >= 4 is 47.4 Å². The van der Waals surface area contributed by atoms with Crippen molar-refractivity contribution in [2.75, 3.05) is 6.54 Å². The zero-order valence-electron chi connectivity index (χ0n) is 25.1. The Kier molecular flexibility index (Phi) is 10.2. The molecule has 3 N–H and O–H groups in total. The van der Waals surface area contributed by atoms with Crippen molar-refractivity contribution in [3.63, 3.8) is 0 Å². The largest absolute Gasteiger partial charge is 0.440 e. The number of carbonyl (C=O) groups is 4. The van der Waals surface area contributed by atoms with Gasteiger partial charge in [0.1, 0.15) is 17.9 Å². The highest BCUT2D eigenvalue weighted by atomic mass is 35.5. The Bertz CT molecular complexity index is 1380. The molecule has 1 aliphatic heterocycles. The Morgan fingerprint density at radius 1 is 1.07 bits per heavy atom. The minimum absolute atomic E-state index is 0.112. The average Bonchev–Trinajstić information content (AvgIpc) is 3.71. The van der Waals surface area contributed by atoms with E-state index in [4.69, 9.17) is 27.9 Å². The third-order valence-electron chi connectivity index (χ3n) is 9.55. The van der Waals surface area contributed by atoms with Crippen molar-refractivity contribution < 1.29 is 23.9 Å². The molecule has 3 amide bonds. The second-order valence-corrected chi connectivity index (χ2v) is 13.8. The topological polar surface area (TPSA) is 114 Å². The molecule has 236 valence electrons. The van der Waals surface area contributed by atoms with E-state index >= 15 is 0 Å². The highest BCUT2D eigenvalue weighted by molar-refractivity contribution is 6.31. The molecule has 10 heteroatoms. The zero-order chi connectivity index (χ0) is 31.3. The molecule has 0 aromatic heterocycles. The molecule has 1 saturated heterocycles. The molecule has 2 aromatic carbocycles. The van der Waals surface area contributed by atoms with E-state index in [1.165, 1.54) is 0 Å². The van der Waals surface area contributed by atoms with Gasteiger partial charge in [0.2, 0.25) is 11.8 Å². The van der Waals surface area contributed by atoms with Crippen LogP contribution in [0.1, 0.15) is 88.4 Å². The fourth-order valence-corrected chi connectivity index (χ4v) is 7.38. The number of nitrogens with one attached hydrogen (secondary N) is 3. The summed E-state index contributed by atoms with van der Waals surface area (Å²) in [5.41, 5.74) is -0.113. The second kappa shape index (κ2) is 13.9. The predicted octanol–water partition coefficient (Wildman–Crippen LogP) is 6.43. The molecule has 2 aromatic rings. The maximum atomic E-state index is 13.9. The van der Waals surface area contributed by atoms with Gasteiger partial charge in [-0.2, -0.15) is 0 Å². The van der Waals surface area contributed by atoms with Crippen LogP contribution in [0, 0.1) is 11.8 Å². The molecule has 1 heterocycles. The molecule has 2 saturated carbocycles. The fourth-order valence-electron chi connectivity index (χ4n) is 6.99. The van der Waals surface area contributed by atoms with Crippen molar-refractivity contribution in [3.8, 4) is 0 Å². The Morgan fingerprint density at radius 3 is 2.39 bits per heavy atom. The number of alkyl carbamates (subject to hydrolysis) is 1. The van der Waals surface area contributed by atoms with E-state index < -0.39 is 35.1 Å². The smallest absolute Gasteiger partial charge is 0.408 e. The van der Waals surface area contributed by atoms with Crippen LogP contribution in [0.4, 0.5) is 4.79 Å². The van der Waals surface area contributed by atoms with Gasteiger partial charge in [0.05, 0.1) is 6.04 Å². The molecule has 3 aliphatic rings. The van der Waals surface area contributed by atoms with Crippen LogP contribution in [0.15, 0.2) is 48.5 Å². The zero-order valence-corrected chi connectivity index (χ0v) is 26.6. The quantitative estimate of drug-likeness (QED) is 0.231. The third kappa shape index (κ3) is 7.57. The summed E-state index contributed by atoms with van der Waals surface area (Å²) in [6.45, 7) is 2.25. The number of ether oxygens (including phenoxy) is 1. The predicted molar refractivity (Wildman–Crippen MR) is 169 cm³/mol. The summed E-state index contributed by atoms with van der Waals surface area (Å²) in [5.74, 6) is -0.683. The minimum Gasteiger partial charge on any atom is -0.440 e. The van der Waals surface area contributed by atoms with Gasteiger partial charge in [0, 0.05) is 27.9 Å². The number of halogens is 2. The number of rotatable bonds is 12. The lowest BCUT2D eigenvalue weighted by atomic mass is 9.79. The molecule has 2 aliphatic carbocycles. The molecule has 0 bridgehead atoms. The van der Waals surface area contributed by atoms with Crippen molar-refractivity contribution in [3.05, 3.63) is 69.7 Å². The molecule has 5 rings (SSSR count). The first-order valence-electron chi connectivity index (χ1n) is 15.7. The van der Waals surface area contributed by atoms with Crippen molar-refractivity contribution in [2.24, 2.45) is 11.8 Å². The second-order valence-electron chi connectivity index (χ2n) is 12.9. The lowest BCUT2D eigenvalue weighted by Crippen LogP contribution is -2.60. The SMILES string of the molecule is C[C@](CC1CCCCC1)(NC(=O)OC(c1cccc(Cl)c1)C1(c2cccc(Cl)c2)CC1)C(=O)N[C@H](C=O)C[C@@H]1CCNC1=O. The summed E-state index contributed by atoms with van der Waals surface area (Å²) < 4.78 is 6.25. The molecule has 3 fully saturated rings. The maximum absolute atomic E-state index is 13.9. The van der Waals surface area contributed by atoms with Crippen LogP contribution in [0.25, 0.3) is 0 Å². The Morgan fingerprint density at radius 2 is 1.77 bits per heavy atom. The van der Waals surface area contributed by atoms with E-state index in [-0.39, 0.29) is 24.2 Å². The van der Waals surface area contributed by atoms with E-state index in [1.807, 2.05) is 36.4 Å². The first-order valence-corrected chi connectivity index (χ1v) is 16.4. The lowest BCUT2D eigenvalue weighted by molar-refractivity contribution is -0.131. The molecule has 0 spiro atoms. The van der Waals surface area contributed by atoms with Gasteiger partial charge in [0.15, 0.2) is 0 Å². The first kappa shape index (κ1) is 32.3. The van der Waals surface area contributed by atoms with Crippen LogP contribution >= 0.6 is 23.2 Å². The normalized spacial score (nSPS) is 22.2. The maximum Gasteiger partial charge on any atom is 0.408 e. The van der Waals surface area contributed by atoms with Crippen LogP contribution in [0.3, 0.4) is 0 Å². The highest BCUT2D eigenvalue weighted by Gasteiger charge is 2.54. The number of hydrogen-bond donors (Lipinski definition) is 3. The Balaban J connectivity index is 1.38. The van der Waals surface area contributed by atoms with E-state index in [0.717, 1.165) is 56.1 Å². The molecule has 1 unspecified atom stereocenters. The van der Waals surface area contributed by atoms with Gasteiger partial charge in [0.25, 0.3) is 0 Å². The lowest BCUT2D eigenvalue weighted by Gasteiger charge is -2.36. The Hall–Kier alpha value is -3.10. The van der Waals surface area contributed by atoms with Gasteiger partial charge < -0.3 is 25.5 Å². The van der Waals surface area contributed by atoms with Crippen molar-refractivity contribution in [1.82, 2.24) is 16.0 Å². The molecule has 44 heavy (non-hydrogen) atoms. The summed E-state index contributed by atoms with van der Waals surface area (Å²) >= 11 is 12.7. The first-order chi connectivity index (χ1) is 21.1.